The van der Waals surface area contributed by atoms with Crippen molar-refractivity contribution in [1.29, 1.82) is 0 Å². The largest absolute Gasteiger partial charge is 0.440 e. The second-order valence-electron chi connectivity index (χ2n) is 8.28. The monoisotopic (exact) mass is 493 g/mol. The van der Waals surface area contributed by atoms with Crippen molar-refractivity contribution >= 4 is 51.8 Å². The molecule has 0 atom stereocenters. The molecule has 1 saturated heterocycles. The van der Waals surface area contributed by atoms with Crippen molar-refractivity contribution in [3.8, 4) is 0 Å². The van der Waals surface area contributed by atoms with E-state index < -0.39 is 0 Å². The highest BCUT2D eigenvalue weighted by Crippen LogP contribution is 2.30. The average molecular weight is 494 g/mol. The van der Waals surface area contributed by atoms with Gasteiger partial charge in [-0.25, -0.2) is 4.98 Å². The van der Waals surface area contributed by atoms with E-state index in [2.05, 4.69) is 10.3 Å². The number of fused-ring (bicyclic) bond motifs is 1. The first kappa shape index (κ1) is 22.4. The lowest BCUT2D eigenvalue weighted by Crippen LogP contribution is -2.38. The molecule has 4 aromatic rings. The Kier molecular flexibility index (Phi) is 6.26. The number of nitrogens with one attached hydrogen (secondary N) is 1. The molecule has 172 valence electrons. The number of piperidine rings is 1. The van der Waals surface area contributed by atoms with Crippen molar-refractivity contribution in [3.05, 3.63) is 93.8 Å². The lowest BCUT2D eigenvalue weighted by atomic mass is 9.96. The number of benzene rings is 3. The van der Waals surface area contributed by atoms with Gasteiger partial charge >= 0.3 is 0 Å². The van der Waals surface area contributed by atoms with Gasteiger partial charge in [0.15, 0.2) is 11.5 Å². The smallest absolute Gasteiger partial charge is 0.255 e. The number of rotatable bonds is 4. The molecule has 1 aliphatic rings. The SMILES string of the molecule is O=C(Nc1ccc(C(=O)N2CCC(c3nc4ccccc4o3)CC2)cc1)c1cc(Cl)cc(Cl)c1. The van der Waals surface area contributed by atoms with Crippen LogP contribution in [0.5, 0.6) is 0 Å². The molecule has 5 rings (SSSR count). The highest BCUT2D eigenvalue weighted by Gasteiger charge is 2.27. The van der Waals surface area contributed by atoms with E-state index in [-0.39, 0.29) is 17.7 Å². The van der Waals surface area contributed by atoms with Gasteiger partial charge in [0, 0.05) is 45.9 Å². The molecule has 1 fully saturated rings. The summed E-state index contributed by atoms with van der Waals surface area (Å²) < 4.78 is 5.91. The maximum Gasteiger partial charge on any atom is 0.255 e. The summed E-state index contributed by atoms with van der Waals surface area (Å²) in [6, 6.07) is 19.3. The predicted octanol–water partition coefficient (Wildman–Crippen LogP) is 6.41. The second kappa shape index (κ2) is 9.49. The maximum atomic E-state index is 13.0. The van der Waals surface area contributed by atoms with Crippen molar-refractivity contribution in [2.45, 2.75) is 18.8 Å². The van der Waals surface area contributed by atoms with Gasteiger partial charge in [-0.1, -0.05) is 35.3 Å². The van der Waals surface area contributed by atoms with Crippen molar-refractivity contribution < 1.29 is 14.0 Å². The summed E-state index contributed by atoms with van der Waals surface area (Å²) >= 11 is 11.9. The fourth-order valence-electron chi connectivity index (χ4n) is 4.16. The number of hydrogen-bond donors (Lipinski definition) is 1. The van der Waals surface area contributed by atoms with Crippen molar-refractivity contribution in [1.82, 2.24) is 9.88 Å². The number of halogens is 2. The molecule has 2 amide bonds. The van der Waals surface area contributed by atoms with Crippen LogP contribution in [0.15, 0.2) is 71.1 Å². The zero-order valence-electron chi connectivity index (χ0n) is 18.1. The number of aromatic nitrogens is 1. The van der Waals surface area contributed by atoms with E-state index in [4.69, 9.17) is 27.6 Å². The fraction of sp³-hybridized carbons (Fsp3) is 0.192. The fourth-order valence-corrected chi connectivity index (χ4v) is 4.69. The third kappa shape index (κ3) is 4.79. The number of hydrogen-bond acceptors (Lipinski definition) is 4. The summed E-state index contributed by atoms with van der Waals surface area (Å²) in [6.07, 6.45) is 1.60. The Labute approximate surface area is 206 Å². The van der Waals surface area contributed by atoms with Crippen LogP contribution >= 0.6 is 23.2 Å². The summed E-state index contributed by atoms with van der Waals surface area (Å²) in [5, 5.41) is 3.57. The van der Waals surface area contributed by atoms with Crippen LogP contribution in [-0.2, 0) is 0 Å². The number of carbonyl (C=O) groups excluding carboxylic acids is 2. The summed E-state index contributed by atoms with van der Waals surface area (Å²) in [7, 11) is 0. The summed E-state index contributed by atoms with van der Waals surface area (Å²) in [6.45, 7) is 1.27. The molecule has 0 aliphatic carbocycles. The van der Waals surface area contributed by atoms with Gasteiger partial charge in [-0.15, -0.1) is 0 Å². The molecule has 0 saturated carbocycles. The zero-order chi connectivity index (χ0) is 23.7. The number of para-hydroxylation sites is 2. The van der Waals surface area contributed by atoms with E-state index in [1.165, 1.54) is 0 Å². The number of likely N-dealkylation sites (tertiary alicyclic amines) is 1. The van der Waals surface area contributed by atoms with Crippen LogP contribution in [0.3, 0.4) is 0 Å². The predicted molar refractivity (Wildman–Crippen MR) is 133 cm³/mol. The molecule has 6 nitrogen and oxygen atoms in total. The summed E-state index contributed by atoms with van der Waals surface area (Å²) in [5.74, 6) is 0.587. The number of carbonyl (C=O) groups is 2. The number of nitrogens with zero attached hydrogens (tertiary/aromatic N) is 2. The topological polar surface area (TPSA) is 75.4 Å². The van der Waals surface area contributed by atoms with Gasteiger partial charge in [-0.2, -0.15) is 0 Å². The van der Waals surface area contributed by atoms with Crippen molar-refractivity contribution in [3.63, 3.8) is 0 Å². The van der Waals surface area contributed by atoms with Gasteiger partial charge in [-0.3, -0.25) is 9.59 Å². The van der Waals surface area contributed by atoms with Crippen LogP contribution in [0.4, 0.5) is 5.69 Å². The summed E-state index contributed by atoms with van der Waals surface area (Å²) in [4.78, 5) is 31.9. The minimum Gasteiger partial charge on any atom is -0.440 e. The van der Waals surface area contributed by atoms with Crippen LogP contribution in [0, 0.1) is 0 Å². The number of anilines is 1. The quantitative estimate of drug-likeness (QED) is 0.356. The van der Waals surface area contributed by atoms with Crippen molar-refractivity contribution in [2.75, 3.05) is 18.4 Å². The van der Waals surface area contributed by atoms with Crippen LogP contribution in [0.25, 0.3) is 11.1 Å². The molecule has 0 radical (unpaired) electrons. The van der Waals surface area contributed by atoms with E-state index in [1.807, 2.05) is 29.2 Å². The lowest BCUT2D eigenvalue weighted by Gasteiger charge is -2.30. The van der Waals surface area contributed by atoms with Gasteiger partial charge in [-0.05, 0) is 67.4 Å². The zero-order valence-corrected chi connectivity index (χ0v) is 19.6. The van der Waals surface area contributed by atoms with E-state index in [1.54, 1.807) is 42.5 Å². The first-order chi connectivity index (χ1) is 16.5. The first-order valence-electron chi connectivity index (χ1n) is 11.0. The highest BCUT2D eigenvalue weighted by atomic mass is 35.5. The van der Waals surface area contributed by atoms with E-state index in [0.717, 1.165) is 29.8 Å². The third-order valence-corrected chi connectivity index (χ3v) is 6.39. The average Bonchev–Trinajstić information content (AvgIpc) is 3.28. The maximum absolute atomic E-state index is 13.0. The highest BCUT2D eigenvalue weighted by molar-refractivity contribution is 6.35. The Morgan fingerprint density at radius 3 is 2.26 bits per heavy atom. The van der Waals surface area contributed by atoms with Gasteiger partial charge in [0.2, 0.25) is 0 Å². The van der Waals surface area contributed by atoms with Gasteiger partial charge in [0.1, 0.15) is 5.52 Å². The Morgan fingerprint density at radius 1 is 0.912 bits per heavy atom. The van der Waals surface area contributed by atoms with Crippen LogP contribution in [0.2, 0.25) is 10.0 Å². The molecule has 0 unspecified atom stereocenters. The molecule has 0 spiro atoms. The molecule has 1 aliphatic heterocycles. The molecule has 1 N–H and O–H groups in total. The molecule has 0 bridgehead atoms. The van der Waals surface area contributed by atoms with Gasteiger partial charge < -0.3 is 14.6 Å². The Balaban J connectivity index is 1.19. The minimum atomic E-state index is -0.329. The van der Waals surface area contributed by atoms with Crippen LogP contribution < -0.4 is 5.32 Å². The number of amides is 2. The first-order valence-corrected chi connectivity index (χ1v) is 11.7. The van der Waals surface area contributed by atoms with Crippen LogP contribution in [-0.4, -0.2) is 34.8 Å². The number of oxazole rings is 1. The Bertz CT molecular complexity index is 1310. The summed E-state index contributed by atoms with van der Waals surface area (Å²) in [5.41, 5.74) is 3.17. The standard InChI is InChI=1S/C26H21Cl2N3O3/c27-19-13-18(14-20(28)15-19)24(32)29-21-7-5-17(6-8-21)26(33)31-11-9-16(10-12-31)25-30-22-3-1-2-4-23(22)34-25/h1-8,13-16H,9-12H2,(H,29,32). The molecular formula is C26H21Cl2N3O3. The van der Waals surface area contributed by atoms with E-state index in [9.17, 15) is 9.59 Å². The molecular weight excluding hydrogens is 473 g/mol. The Morgan fingerprint density at radius 2 is 1.59 bits per heavy atom. The van der Waals surface area contributed by atoms with Gasteiger partial charge in [0.05, 0.1) is 0 Å². The second-order valence-corrected chi connectivity index (χ2v) is 9.15. The Hall–Kier alpha value is -3.35. The lowest BCUT2D eigenvalue weighted by molar-refractivity contribution is 0.0706. The van der Waals surface area contributed by atoms with E-state index in [0.29, 0.717) is 39.9 Å². The van der Waals surface area contributed by atoms with Gasteiger partial charge in [0.25, 0.3) is 11.8 Å². The molecule has 8 heteroatoms. The minimum absolute atomic E-state index is 0.0319. The molecule has 1 aromatic heterocycles. The molecule has 3 aromatic carbocycles. The third-order valence-electron chi connectivity index (χ3n) is 5.96. The van der Waals surface area contributed by atoms with Crippen molar-refractivity contribution in [2.24, 2.45) is 0 Å². The van der Waals surface area contributed by atoms with E-state index >= 15 is 0 Å². The normalized spacial score (nSPS) is 14.4. The molecule has 2 heterocycles. The molecule has 34 heavy (non-hydrogen) atoms. The van der Waals surface area contributed by atoms with Crippen LogP contribution in [0.1, 0.15) is 45.4 Å².